The SMILES string of the molecule is COc1ccc(-n2c(C)cc(C(=O)CSc3nnc(C)n3Cc3ccccc3)c2C)cc1. The standard InChI is InChI=1S/C25H26N4O2S/c1-17-14-23(18(2)29(17)21-10-12-22(31-4)13-11-21)24(30)16-32-25-27-26-19(3)28(25)15-20-8-6-5-7-9-20/h5-14H,15-16H2,1-4H3. The molecule has 2 aromatic carbocycles. The van der Waals surface area contributed by atoms with Crippen molar-refractivity contribution in [1.29, 1.82) is 0 Å². The van der Waals surface area contributed by atoms with Crippen LogP contribution >= 0.6 is 11.8 Å². The van der Waals surface area contributed by atoms with Gasteiger partial charge in [-0.3, -0.25) is 4.79 Å². The highest BCUT2D eigenvalue weighted by Gasteiger charge is 2.19. The van der Waals surface area contributed by atoms with Gasteiger partial charge in [-0.25, -0.2) is 0 Å². The Morgan fingerprint density at radius 2 is 1.72 bits per heavy atom. The van der Waals surface area contributed by atoms with Crippen molar-refractivity contribution in [2.24, 2.45) is 0 Å². The van der Waals surface area contributed by atoms with Crippen molar-refractivity contribution in [3.8, 4) is 11.4 Å². The largest absolute Gasteiger partial charge is 0.497 e. The Bertz CT molecular complexity index is 1230. The molecule has 0 saturated carbocycles. The van der Waals surface area contributed by atoms with Crippen LogP contribution in [0, 0.1) is 20.8 Å². The number of Topliss-reactive ketones (excluding diaryl/α,β-unsaturated/α-hetero) is 1. The van der Waals surface area contributed by atoms with Crippen molar-refractivity contribution in [3.05, 3.63) is 89.0 Å². The first-order chi connectivity index (χ1) is 15.5. The molecule has 0 unspecified atom stereocenters. The van der Waals surface area contributed by atoms with E-state index >= 15 is 0 Å². The van der Waals surface area contributed by atoms with Crippen LogP contribution in [-0.4, -0.2) is 38.0 Å². The second-order valence-electron chi connectivity index (χ2n) is 7.63. The minimum atomic E-state index is 0.0785. The number of hydrogen-bond acceptors (Lipinski definition) is 5. The quantitative estimate of drug-likeness (QED) is 0.281. The molecule has 4 rings (SSSR count). The molecule has 0 saturated heterocycles. The van der Waals surface area contributed by atoms with E-state index in [1.165, 1.54) is 17.3 Å². The fraction of sp³-hybridized carbons (Fsp3) is 0.240. The molecule has 6 nitrogen and oxygen atoms in total. The van der Waals surface area contributed by atoms with Crippen LogP contribution in [0.1, 0.15) is 33.1 Å². The summed E-state index contributed by atoms with van der Waals surface area (Å²) >= 11 is 1.43. The van der Waals surface area contributed by atoms with Gasteiger partial charge in [0.1, 0.15) is 11.6 Å². The molecule has 2 aromatic heterocycles. The summed E-state index contributed by atoms with van der Waals surface area (Å²) in [5.41, 5.74) is 4.86. The predicted molar refractivity (Wildman–Crippen MR) is 127 cm³/mol. The van der Waals surface area contributed by atoms with Gasteiger partial charge < -0.3 is 13.9 Å². The van der Waals surface area contributed by atoms with Crippen LogP contribution in [0.5, 0.6) is 5.75 Å². The third kappa shape index (κ3) is 4.48. The zero-order valence-corrected chi connectivity index (χ0v) is 19.5. The van der Waals surface area contributed by atoms with E-state index in [2.05, 4.69) is 26.9 Å². The van der Waals surface area contributed by atoms with E-state index < -0.39 is 0 Å². The molecular formula is C25H26N4O2S. The summed E-state index contributed by atoms with van der Waals surface area (Å²) in [6, 6.07) is 20.0. The molecule has 32 heavy (non-hydrogen) atoms. The van der Waals surface area contributed by atoms with Gasteiger partial charge in [0.2, 0.25) is 0 Å². The summed E-state index contributed by atoms with van der Waals surface area (Å²) in [7, 11) is 1.65. The maximum atomic E-state index is 13.1. The van der Waals surface area contributed by atoms with Gasteiger partial charge in [0.25, 0.3) is 0 Å². The molecule has 0 radical (unpaired) electrons. The van der Waals surface area contributed by atoms with Crippen molar-refractivity contribution < 1.29 is 9.53 Å². The Hall–Kier alpha value is -3.32. The number of carbonyl (C=O) groups excluding carboxylic acids is 1. The first kappa shape index (κ1) is 21.9. The monoisotopic (exact) mass is 446 g/mol. The maximum Gasteiger partial charge on any atom is 0.191 e. The number of ketones is 1. The van der Waals surface area contributed by atoms with Gasteiger partial charge in [-0.1, -0.05) is 42.1 Å². The number of carbonyl (C=O) groups is 1. The molecule has 0 aliphatic heterocycles. The zero-order chi connectivity index (χ0) is 22.7. The smallest absolute Gasteiger partial charge is 0.191 e. The number of aryl methyl sites for hydroxylation is 2. The second-order valence-corrected chi connectivity index (χ2v) is 8.57. The number of aromatic nitrogens is 4. The lowest BCUT2D eigenvalue weighted by molar-refractivity contribution is 0.102. The van der Waals surface area contributed by atoms with Crippen LogP contribution in [-0.2, 0) is 6.54 Å². The Labute approximate surface area is 192 Å². The predicted octanol–water partition coefficient (Wildman–Crippen LogP) is 5.03. The Morgan fingerprint density at radius 1 is 1.00 bits per heavy atom. The number of methoxy groups -OCH3 is 1. The van der Waals surface area contributed by atoms with E-state index in [0.717, 1.165) is 39.4 Å². The fourth-order valence-electron chi connectivity index (χ4n) is 3.80. The summed E-state index contributed by atoms with van der Waals surface area (Å²) in [5, 5.41) is 9.27. The summed E-state index contributed by atoms with van der Waals surface area (Å²) < 4.78 is 9.40. The second kappa shape index (κ2) is 9.44. The highest BCUT2D eigenvalue weighted by molar-refractivity contribution is 7.99. The maximum absolute atomic E-state index is 13.1. The average Bonchev–Trinajstić information content (AvgIpc) is 3.31. The van der Waals surface area contributed by atoms with E-state index in [0.29, 0.717) is 12.3 Å². The molecule has 0 amide bonds. The first-order valence-electron chi connectivity index (χ1n) is 10.4. The third-order valence-electron chi connectivity index (χ3n) is 5.48. The van der Waals surface area contributed by atoms with Crippen LogP contribution in [0.25, 0.3) is 5.69 Å². The number of hydrogen-bond donors (Lipinski definition) is 0. The molecule has 0 aliphatic rings. The van der Waals surface area contributed by atoms with E-state index in [1.54, 1.807) is 7.11 Å². The van der Waals surface area contributed by atoms with Crippen molar-refractivity contribution in [1.82, 2.24) is 19.3 Å². The van der Waals surface area contributed by atoms with Gasteiger partial charge in [-0.2, -0.15) is 0 Å². The van der Waals surface area contributed by atoms with Crippen molar-refractivity contribution >= 4 is 17.5 Å². The molecule has 4 aromatic rings. The number of ether oxygens (including phenoxy) is 1. The van der Waals surface area contributed by atoms with E-state index in [1.807, 2.05) is 73.9 Å². The Morgan fingerprint density at radius 3 is 2.41 bits per heavy atom. The van der Waals surface area contributed by atoms with Gasteiger partial charge in [-0.05, 0) is 56.7 Å². The average molecular weight is 447 g/mol. The molecule has 7 heteroatoms. The topological polar surface area (TPSA) is 61.9 Å². The summed E-state index contributed by atoms with van der Waals surface area (Å²) in [6.45, 7) is 6.62. The zero-order valence-electron chi connectivity index (χ0n) is 18.7. The minimum Gasteiger partial charge on any atom is -0.497 e. The Kier molecular flexibility index (Phi) is 6.46. The van der Waals surface area contributed by atoms with Crippen LogP contribution in [0.3, 0.4) is 0 Å². The van der Waals surface area contributed by atoms with E-state index in [-0.39, 0.29) is 5.78 Å². The molecular weight excluding hydrogens is 420 g/mol. The molecule has 0 atom stereocenters. The molecule has 0 aliphatic carbocycles. The van der Waals surface area contributed by atoms with Gasteiger partial charge in [0.05, 0.1) is 19.4 Å². The fourth-order valence-corrected chi connectivity index (χ4v) is 4.66. The van der Waals surface area contributed by atoms with Gasteiger partial charge in [-0.15, -0.1) is 10.2 Å². The summed E-state index contributed by atoms with van der Waals surface area (Å²) in [6.07, 6.45) is 0. The van der Waals surface area contributed by atoms with Crippen LogP contribution in [0.2, 0.25) is 0 Å². The summed E-state index contributed by atoms with van der Waals surface area (Å²) in [4.78, 5) is 13.1. The lowest BCUT2D eigenvalue weighted by Crippen LogP contribution is -2.08. The number of benzene rings is 2. The molecule has 0 bridgehead atoms. The lowest BCUT2D eigenvalue weighted by atomic mass is 10.2. The minimum absolute atomic E-state index is 0.0785. The van der Waals surface area contributed by atoms with Crippen LogP contribution in [0.4, 0.5) is 0 Å². The molecule has 164 valence electrons. The summed E-state index contributed by atoms with van der Waals surface area (Å²) in [5.74, 6) is 2.02. The van der Waals surface area contributed by atoms with Crippen molar-refractivity contribution in [2.75, 3.05) is 12.9 Å². The molecule has 0 spiro atoms. The van der Waals surface area contributed by atoms with Crippen LogP contribution in [0.15, 0.2) is 65.8 Å². The molecule has 2 heterocycles. The number of nitrogens with zero attached hydrogens (tertiary/aromatic N) is 4. The highest BCUT2D eigenvalue weighted by Crippen LogP contribution is 2.25. The van der Waals surface area contributed by atoms with Crippen LogP contribution < -0.4 is 4.74 Å². The molecule has 0 N–H and O–H groups in total. The normalized spacial score (nSPS) is 11.0. The van der Waals surface area contributed by atoms with E-state index in [4.69, 9.17) is 4.74 Å². The third-order valence-corrected chi connectivity index (χ3v) is 6.45. The van der Waals surface area contributed by atoms with Crippen molar-refractivity contribution in [3.63, 3.8) is 0 Å². The van der Waals surface area contributed by atoms with Gasteiger partial charge in [0.15, 0.2) is 10.9 Å². The Balaban J connectivity index is 1.51. The molecule has 0 fully saturated rings. The van der Waals surface area contributed by atoms with E-state index in [9.17, 15) is 4.79 Å². The highest BCUT2D eigenvalue weighted by atomic mass is 32.2. The first-order valence-corrected chi connectivity index (χ1v) is 11.4. The van der Waals surface area contributed by atoms with Gasteiger partial charge >= 0.3 is 0 Å². The number of rotatable bonds is 8. The lowest BCUT2D eigenvalue weighted by Gasteiger charge is -2.11. The van der Waals surface area contributed by atoms with Crippen molar-refractivity contribution in [2.45, 2.75) is 32.5 Å². The van der Waals surface area contributed by atoms with Gasteiger partial charge in [0, 0.05) is 22.6 Å². The number of thioether (sulfide) groups is 1.